The molecular formula is C16H17ClN2O2. The fraction of sp³-hybridized carbons (Fsp3) is 0.375. The number of halogens is 1. The van der Waals surface area contributed by atoms with Gasteiger partial charge in [0.1, 0.15) is 23.3 Å². The van der Waals surface area contributed by atoms with Gasteiger partial charge in [0.15, 0.2) is 0 Å². The SMILES string of the molecule is COc1ccc(COc2nc(C3CC3)nc(Cl)c2C)cc1. The predicted octanol–water partition coefficient (Wildman–Crippen LogP) is 3.90. The molecule has 0 amide bonds. The minimum Gasteiger partial charge on any atom is -0.497 e. The van der Waals surface area contributed by atoms with Gasteiger partial charge in [-0.15, -0.1) is 0 Å². The summed E-state index contributed by atoms with van der Waals surface area (Å²) in [6, 6.07) is 7.76. The Balaban J connectivity index is 1.74. The summed E-state index contributed by atoms with van der Waals surface area (Å²) < 4.78 is 11.0. The topological polar surface area (TPSA) is 44.2 Å². The van der Waals surface area contributed by atoms with Gasteiger partial charge in [0.05, 0.1) is 7.11 Å². The molecule has 110 valence electrons. The maximum Gasteiger partial charge on any atom is 0.221 e. The van der Waals surface area contributed by atoms with E-state index < -0.39 is 0 Å². The molecule has 21 heavy (non-hydrogen) atoms. The third-order valence-corrected chi connectivity index (χ3v) is 3.90. The quantitative estimate of drug-likeness (QED) is 0.786. The van der Waals surface area contributed by atoms with Crippen molar-refractivity contribution < 1.29 is 9.47 Å². The summed E-state index contributed by atoms with van der Waals surface area (Å²) in [4.78, 5) is 8.83. The maximum atomic E-state index is 6.16. The van der Waals surface area contributed by atoms with Crippen molar-refractivity contribution in [2.75, 3.05) is 7.11 Å². The lowest BCUT2D eigenvalue weighted by atomic mass is 10.2. The van der Waals surface area contributed by atoms with Crippen LogP contribution in [-0.4, -0.2) is 17.1 Å². The molecule has 0 N–H and O–H groups in total. The second kappa shape index (κ2) is 5.90. The highest BCUT2D eigenvalue weighted by Gasteiger charge is 2.28. The van der Waals surface area contributed by atoms with E-state index in [1.54, 1.807) is 7.11 Å². The summed E-state index contributed by atoms with van der Waals surface area (Å²) >= 11 is 6.16. The highest BCUT2D eigenvalue weighted by molar-refractivity contribution is 6.30. The predicted molar refractivity (Wildman–Crippen MR) is 81.1 cm³/mol. The van der Waals surface area contributed by atoms with Crippen molar-refractivity contribution in [3.8, 4) is 11.6 Å². The van der Waals surface area contributed by atoms with Crippen LogP contribution < -0.4 is 9.47 Å². The zero-order chi connectivity index (χ0) is 14.8. The monoisotopic (exact) mass is 304 g/mol. The van der Waals surface area contributed by atoms with Gasteiger partial charge < -0.3 is 9.47 Å². The van der Waals surface area contributed by atoms with Crippen LogP contribution in [0.25, 0.3) is 0 Å². The zero-order valence-corrected chi connectivity index (χ0v) is 12.9. The standard InChI is InChI=1S/C16H17ClN2O2/c1-10-14(17)18-15(12-5-6-12)19-16(10)21-9-11-3-7-13(20-2)8-4-11/h3-4,7-8,12H,5-6,9H2,1-2H3. The molecule has 0 bridgehead atoms. The number of ether oxygens (including phenoxy) is 2. The molecule has 2 aromatic rings. The molecule has 3 rings (SSSR count). The highest BCUT2D eigenvalue weighted by atomic mass is 35.5. The third kappa shape index (κ3) is 3.27. The summed E-state index contributed by atoms with van der Waals surface area (Å²) in [6.45, 7) is 2.32. The molecule has 1 fully saturated rings. The van der Waals surface area contributed by atoms with Gasteiger partial charge in [-0.2, -0.15) is 4.98 Å². The van der Waals surface area contributed by atoms with Gasteiger partial charge in [0.2, 0.25) is 5.88 Å². The van der Waals surface area contributed by atoms with Crippen LogP contribution in [0.15, 0.2) is 24.3 Å². The molecule has 0 aliphatic heterocycles. The molecule has 1 aliphatic carbocycles. The average molecular weight is 305 g/mol. The van der Waals surface area contributed by atoms with Gasteiger partial charge in [0.25, 0.3) is 0 Å². The van der Waals surface area contributed by atoms with Crippen LogP contribution in [0.1, 0.15) is 35.7 Å². The van der Waals surface area contributed by atoms with E-state index in [0.717, 1.165) is 35.5 Å². The van der Waals surface area contributed by atoms with Gasteiger partial charge in [0, 0.05) is 11.5 Å². The van der Waals surface area contributed by atoms with E-state index in [4.69, 9.17) is 21.1 Å². The normalized spacial score (nSPS) is 14.0. The molecule has 1 saturated carbocycles. The van der Waals surface area contributed by atoms with Crippen LogP contribution in [0.5, 0.6) is 11.6 Å². The summed E-state index contributed by atoms with van der Waals surface area (Å²) in [5.74, 6) is 2.66. The number of hydrogen-bond donors (Lipinski definition) is 0. The van der Waals surface area contributed by atoms with Gasteiger partial charge in [-0.05, 0) is 37.5 Å². The first-order chi connectivity index (χ1) is 10.2. The van der Waals surface area contributed by atoms with Crippen LogP contribution in [0.4, 0.5) is 0 Å². The van der Waals surface area contributed by atoms with Gasteiger partial charge in [-0.1, -0.05) is 23.7 Å². The average Bonchev–Trinajstić information content (AvgIpc) is 3.34. The Morgan fingerprint density at radius 1 is 1.19 bits per heavy atom. The second-order valence-corrected chi connectivity index (χ2v) is 5.57. The number of methoxy groups -OCH3 is 1. The van der Waals surface area contributed by atoms with Crippen molar-refractivity contribution in [1.29, 1.82) is 0 Å². The van der Waals surface area contributed by atoms with Crippen LogP contribution in [0.3, 0.4) is 0 Å². The van der Waals surface area contributed by atoms with Gasteiger partial charge in [-0.3, -0.25) is 0 Å². The number of nitrogens with zero attached hydrogens (tertiary/aromatic N) is 2. The largest absolute Gasteiger partial charge is 0.497 e. The Bertz CT molecular complexity index is 639. The maximum absolute atomic E-state index is 6.16. The molecular weight excluding hydrogens is 288 g/mol. The van der Waals surface area contributed by atoms with E-state index in [1.165, 1.54) is 0 Å². The summed E-state index contributed by atoms with van der Waals surface area (Å²) in [6.07, 6.45) is 2.27. The Morgan fingerprint density at radius 3 is 2.52 bits per heavy atom. The van der Waals surface area contributed by atoms with Crippen molar-refractivity contribution in [2.45, 2.75) is 32.3 Å². The van der Waals surface area contributed by atoms with Crippen molar-refractivity contribution in [2.24, 2.45) is 0 Å². The highest BCUT2D eigenvalue weighted by Crippen LogP contribution is 2.39. The summed E-state index contributed by atoms with van der Waals surface area (Å²) in [7, 11) is 1.65. The third-order valence-electron chi connectivity index (χ3n) is 3.54. The molecule has 0 radical (unpaired) electrons. The number of aromatic nitrogens is 2. The lowest BCUT2D eigenvalue weighted by Crippen LogP contribution is -2.03. The first kappa shape index (κ1) is 14.1. The summed E-state index contributed by atoms with van der Waals surface area (Å²) in [5.41, 5.74) is 1.84. The van der Waals surface area contributed by atoms with Crippen molar-refractivity contribution in [3.05, 3.63) is 46.4 Å². The Kier molecular flexibility index (Phi) is 3.97. The minimum atomic E-state index is 0.447. The van der Waals surface area contributed by atoms with E-state index >= 15 is 0 Å². The van der Waals surface area contributed by atoms with E-state index in [9.17, 15) is 0 Å². The first-order valence-corrected chi connectivity index (χ1v) is 7.35. The Morgan fingerprint density at radius 2 is 1.90 bits per heavy atom. The van der Waals surface area contributed by atoms with Crippen LogP contribution >= 0.6 is 11.6 Å². The van der Waals surface area contributed by atoms with E-state index in [0.29, 0.717) is 23.6 Å². The molecule has 1 aromatic carbocycles. The van der Waals surface area contributed by atoms with Crippen LogP contribution in [-0.2, 0) is 6.61 Å². The smallest absolute Gasteiger partial charge is 0.221 e. The molecule has 0 unspecified atom stereocenters. The molecule has 1 aliphatic rings. The van der Waals surface area contributed by atoms with Crippen LogP contribution in [0, 0.1) is 6.92 Å². The lowest BCUT2D eigenvalue weighted by Gasteiger charge is -2.11. The van der Waals surface area contributed by atoms with E-state index in [2.05, 4.69) is 9.97 Å². The number of benzene rings is 1. The van der Waals surface area contributed by atoms with Crippen LogP contribution in [0.2, 0.25) is 5.15 Å². The molecule has 4 nitrogen and oxygen atoms in total. The fourth-order valence-corrected chi connectivity index (χ4v) is 2.19. The lowest BCUT2D eigenvalue weighted by molar-refractivity contribution is 0.289. The van der Waals surface area contributed by atoms with Crippen molar-refractivity contribution >= 4 is 11.6 Å². The molecule has 1 aromatic heterocycles. The number of hydrogen-bond acceptors (Lipinski definition) is 4. The summed E-state index contributed by atoms with van der Waals surface area (Å²) in [5, 5.41) is 0.483. The second-order valence-electron chi connectivity index (χ2n) is 5.21. The number of rotatable bonds is 5. The van der Waals surface area contributed by atoms with Crippen molar-refractivity contribution in [3.63, 3.8) is 0 Å². The van der Waals surface area contributed by atoms with E-state index in [-0.39, 0.29) is 0 Å². The Hall–Kier alpha value is -1.81. The van der Waals surface area contributed by atoms with Gasteiger partial charge >= 0.3 is 0 Å². The first-order valence-electron chi connectivity index (χ1n) is 6.97. The molecule has 0 spiro atoms. The molecule has 1 heterocycles. The van der Waals surface area contributed by atoms with E-state index in [1.807, 2.05) is 31.2 Å². The Labute approximate surface area is 129 Å². The molecule has 5 heteroatoms. The molecule has 0 saturated heterocycles. The minimum absolute atomic E-state index is 0.447. The fourth-order valence-electron chi connectivity index (χ4n) is 2.02. The van der Waals surface area contributed by atoms with Crippen molar-refractivity contribution in [1.82, 2.24) is 9.97 Å². The molecule has 0 atom stereocenters. The van der Waals surface area contributed by atoms with Gasteiger partial charge in [-0.25, -0.2) is 4.98 Å². The zero-order valence-electron chi connectivity index (χ0n) is 12.1.